The third-order valence-electron chi connectivity index (χ3n) is 2.90. The van der Waals surface area contributed by atoms with Crippen LogP contribution in [0, 0.1) is 15.9 Å². The molecule has 2 aromatic rings. The van der Waals surface area contributed by atoms with Gasteiger partial charge in [0.1, 0.15) is 5.82 Å². The number of nitrogens with one attached hydrogen (secondary N) is 1. The summed E-state index contributed by atoms with van der Waals surface area (Å²) in [4.78, 5) is 10.2. The third kappa shape index (κ3) is 3.99. The molecular weight excluding hydrogens is 343 g/mol. The van der Waals surface area contributed by atoms with Crippen molar-refractivity contribution in [1.82, 2.24) is 0 Å². The van der Waals surface area contributed by atoms with Gasteiger partial charge in [0, 0.05) is 28.8 Å². The Morgan fingerprint density at radius 2 is 1.95 bits per heavy atom. The van der Waals surface area contributed by atoms with Crippen LogP contribution in [0.25, 0.3) is 0 Å². The van der Waals surface area contributed by atoms with E-state index in [2.05, 4.69) is 21.2 Å². The summed E-state index contributed by atoms with van der Waals surface area (Å²) in [7, 11) is 0. The molecule has 0 amide bonds. The predicted molar refractivity (Wildman–Crippen MR) is 80.6 cm³/mol. The zero-order valence-electron chi connectivity index (χ0n) is 10.8. The molecule has 7 heteroatoms. The van der Waals surface area contributed by atoms with Crippen molar-refractivity contribution >= 4 is 27.3 Å². The first-order chi connectivity index (χ1) is 9.97. The second-order valence-electron chi connectivity index (χ2n) is 4.37. The third-order valence-corrected chi connectivity index (χ3v) is 3.56. The van der Waals surface area contributed by atoms with Gasteiger partial charge in [-0.2, -0.15) is 0 Å². The molecule has 0 spiro atoms. The normalized spacial score (nSPS) is 12.0. The average Bonchev–Trinajstić information content (AvgIpc) is 2.46. The summed E-state index contributed by atoms with van der Waals surface area (Å²) in [6.07, 6.45) is -0.812. The highest BCUT2D eigenvalue weighted by molar-refractivity contribution is 9.10. The fourth-order valence-electron chi connectivity index (χ4n) is 1.77. The maximum Gasteiger partial charge on any atom is 0.270 e. The van der Waals surface area contributed by atoms with Crippen molar-refractivity contribution in [3.05, 3.63) is 68.4 Å². The van der Waals surface area contributed by atoms with E-state index in [1.807, 2.05) is 0 Å². The molecule has 0 aliphatic carbocycles. The Morgan fingerprint density at radius 1 is 1.29 bits per heavy atom. The Labute approximate surface area is 128 Å². The molecule has 21 heavy (non-hydrogen) atoms. The first-order valence-corrected chi connectivity index (χ1v) is 6.88. The van der Waals surface area contributed by atoms with Crippen LogP contribution in [0.2, 0.25) is 0 Å². The molecule has 1 atom stereocenters. The molecule has 1 unspecified atom stereocenters. The maximum absolute atomic E-state index is 12.8. The lowest BCUT2D eigenvalue weighted by molar-refractivity contribution is -0.384. The first kappa shape index (κ1) is 15.4. The lowest BCUT2D eigenvalue weighted by Gasteiger charge is -2.14. The smallest absolute Gasteiger partial charge is 0.270 e. The van der Waals surface area contributed by atoms with Gasteiger partial charge >= 0.3 is 0 Å². The van der Waals surface area contributed by atoms with Crippen molar-refractivity contribution < 1.29 is 14.4 Å². The number of nitro benzene ring substituents is 1. The van der Waals surface area contributed by atoms with Gasteiger partial charge in [0.25, 0.3) is 5.69 Å². The number of aliphatic hydroxyl groups is 1. The Morgan fingerprint density at radius 3 is 2.52 bits per heavy atom. The van der Waals surface area contributed by atoms with Crippen LogP contribution in [-0.4, -0.2) is 16.6 Å². The Balaban J connectivity index is 2.02. The molecule has 0 aromatic heterocycles. The summed E-state index contributed by atoms with van der Waals surface area (Å²) < 4.78 is 13.3. The summed E-state index contributed by atoms with van der Waals surface area (Å²) in [6.45, 7) is 0.196. The molecule has 5 nitrogen and oxygen atoms in total. The van der Waals surface area contributed by atoms with E-state index in [9.17, 15) is 19.6 Å². The maximum atomic E-state index is 12.8. The van der Waals surface area contributed by atoms with Crippen molar-refractivity contribution in [2.45, 2.75) is 6.10 Å². The standard InChI is InChI=1S/C14H12BrFN2O3/c15-12-7-11(18(20)21)5-6-13(12)17-8-14(19)9-1-3-10(16)4-2-9/h1-7,14,17,19H,8H2. The first-order valence-electron chi connectivity index (χ1n) is 6.08. The molecule has 0 bridgehead atoms. The number of nitro groups is 1. The fraction of sp³-hybridized carbons (Fsp3) is 0.143. The topological polar surface area (TPSA) is 75.4 Å². The molecule has 0 fully saturated rings. The quantitative estimate of drug-likeness (QED) is 0.634. The molecule has 0 saturated heterocycles. The van der Waals surface area contributed by atoms with Gasteiger partial charge in [0.2, 0.25) is 0 Å². The molecule has 0 saturated carbocycles. The number of aliphatic hydroxyl groups excluding tert-OH is 1. The van der Waals surface area contributed by atoms with Crippen LogP contribution in [0.15, 0.2) is 46.9 Å². The van der Waals surface area contributed by atoms with Crippen molar-refractivity contribution in [2.75, 3.05) is 11.9 Å². The summed E-state index contributed by atoms with van der Waals surface area (Å²) in [5, 5.41) is 23.6. The van der Waals surface area contributed by atoms with Gasteiger partial charge < -0.3 is 10.4 Å². The van der Waals surface area contributed by atoms with Crippen LogP contribution < -0.4 is 5.32 Å². The number of benzene rings is 2. The highest BCUT2D eigenvalue weighted by atomic mass is 79.9. The minimum Gasteiger partial charge on any atom is -0.387 e. The molecule has 2 rings (SSSR count). The van der Waals surface area contributed by atoms with Crippen LogP contribution >= 0.6 is 15.9 Å². The van der Waals surface area contributed by atoms with Crippen molar-refractivity contribution in [1.29, 1.82) is 0 Å². The van der Waals surface area contributed by atoms with Crippen molar-refractivity contribution in [3.63, 3.8) is 0 Å². The molecule has 0 aliphatic heterocycles. The largest absolute Gasteiger partial charge is 0.387 e. The van der Waals surface area contributed by atoms with Crippen LogP contribution in [0.3, 0.4) is 0 Å². The van der Waals surface area contributed by atoms with E-state index < -0.39 is 11.0 Å². The second kappa shape index (κ2) is 6.64. The Hall–Kier alpha value is -1.99. The van der Waals surface area contributed by atoms with E-state index >= 15 is 0 Å². The van der Waals surface area contributed by atoms with E-state index in [1.165, 1.54) is 36.4 Å². The van der Waals surface area contributed by atoms with Gasteiger partial charge in [-0.25, -0.2) is 4.39 Å². The summed E-state index contributed by atoms with van der Waals surface area (Å²) in [6, 6.07) is 9.88. The zero-order valence-corrected chi connectivity index (χ0v) is 12.4. The van der Waals surface area contributed by atoms with Gasteiger partial charge in [-0.3, -0.25) is 10.1 Å². The number of anilines is 1. The predicted octanol–water partition coefficient (Wildman–Crippen LogP) is 3.64. The fourth-order valence-corrected chi connectivity index (χ4v) is 2.28. The van der Waals surface area contributed by atoms with Gasteiger partial charge in [-0.15, -0.1) is 0 Å². The van der Waals surface area contributed by atoms with E-state index in [4.69, 9.17) is 0 Å². The Bertz CT molecular complexity index is 649. The van der Waals surface area contributed by atoms with Gasteiger partial charge in [-0.1, -0.05) is 12.1 Å². The van der Waals surface area contributed by atoms with Crippen LogP contribution in [0.5, 0.6) is 0 Å². The average molecular weight is 355 g/mol. The highest BCUT2D eigenvalue weighted by Crippen LogP contribution is 2.27. The monoisotopic (exact) mass is 354 g/mol. The molecule has 2 N–H and O–H groups in total. The number of hydrogen-bond donors (Lipinski definition) is 2. The lowest BCUT2D eigenvalue weighted by atomic mass is 10.1. The summed E-state index contributed by atoms with van der Waals surface area (Å²) in [5.41, 5.74) is 1.19. The number of halogens is 2. The molecule has 0 heterocycles. The van der Waals surface area contributed by atoms with Crippen LogP contribution in [0.1, 0.15) is 11.7 Å². The summed E-state index contributed by atoms with van der Waals surface area (Å²) >= 11 is 3.23. The summed E-state index contributed by atoms with van der Waals surface area (Å²) in [5.74, 6) is -0.364. The molecular formula is C14H12BrFN2O3. The van der Waals surface area contributed by atoms with Crippen LogP contribution in [-0.2, 0) is 0 Å². The molecule has 0 aliphatic rings. The van der Waals surface area contributed by atoms with Crippen LogP contribution in [0.4, 0.5) is 15.8 Å². The van der Waals surface area contributed by atoms with E-state index in [1.54, 1.807) is 6.07 Å². The van der Waals surface area contributed by atoms with Crippen molar-refractivity contribution in [2.24, 2.45) is 0 Å². The minimum absolute atomic E-state index is 0.0218. The van der Waals surface area contributed by atoms with Crippen molar-refractivity contribution in [3.8, 4) is 0 Å². The molecule has 110 valence electrons. The molecule has 0 radical (unpaired) electrons. The van der Waals surface area contributed by atoms with E-state index in [0.717, 1.165) is 0 Å². The number of nitrogens with zero attached hydrogens (tertiary/aromatic N) is 1. The Kier molecular flexibility index (Phi) is 4.87. The SMILES string of the molecule is O=[N+]([O-])c1ccc(NCC(O)c2ccc(F)cc2)c(Br)c1. The number of hydrogen-bond acceptors (Lipinski definition) is 4. The van der Waals surface area contributed by atoms with E-state index in [0.29, 0.717) is 15.7 Å². The van der Waals surface area contributed by atoms with E-state index in [-0.39, 0.29) is 18.0 Å². The van der Waals surface area contributed by atoms with Gasteiger partial charge in [0.05, 0.1) is 11.0 Å². The second-order valence-corrected chi connectivity index (χ2v) is 5.22. The van der Waals surface area contributed by atoms with Gasteiger partial charge in [0.15, 0.2) is 0 Å². The number of rotatable bonds is 5. The lowest BCUT2D eigenvalue weighted by Crippen LogP contribution is -2.12. The van der Waals surface area contributed by atoms with Gasteiger partial charge in [-0.05, 0) is 39.7 Å². The zero-order chi connectivity index (χ0) is 15.4. The minimum atomic E-state index is -0.812. The molecule has 2 aromatic carbocycles. The number of non-ortho nitro benzene ring substituents is 1. The highest BCUT2D eigenvalue weighted by Gasteiger charge is 2.11.